The Morgan fingerprint density at radius 1 is 1.39 bits per heavy atom. The van der Waals surface area contributed by atoms with Gasteiger partial charge in [-0.25, -0.2) is 8.78 Å². The average molecular weight is 252 g/mol. The Hall–Kier alpha value is -1.96. The Balaban J connectivity index is 2.47. The molecule has 1 rings (SSSR count). The van der Waals surface area contributed by atoms with Gasteiger partial charge in [0.2, 0.25) is 5.91 Å². The van der Waals surface area contributed by atoms with Crippen molar-refractivity contribution < 1.29 is 13.6 Å². The largest absolute Gasteiger partial charge is 0.345 e. The smallest absolute Gasteiger partial charge is 0.223 e. The molecule has 1 aromatic carbocycles. The average Bonchev–Trinajstić information content (AvgIpc) is 2.36. The maximum atomic E-state index is 12.9. The highest BCUT2D eigenvalue weighted by Gasteiger charge is 2.09. The van der Waals surface area contributed by atoms with Crippen LogP contribution in [-0.4, -0.2) is 24.4 Å². The van der Waals surface area contributed by atoms with Crippen LogP contribution in [0.2, 0.25) is 0 Å². The summed E-state index contributed by atoms with van der Waals surface area (Å²) in [6.45, 7) is 0.412. The van der Waals surface area contributed by atoms with Crippen molar-refractivity contribution in [3.05, 3.63) is 35.4 Å². The number of carbonyl (C=O) groups is 1. The molecular weight excluding hydrogens is 238 g/mol. The number of nitriles is 1. The minimum atomic E-state index is -0.883. The van der Waals surface area contributed by atoms with Crippen LogP contribution in [0, 0.1) is 23.0 Å². The Kier molecular flexibility index (Phi) is 5.25. The van der Waals surface area contributed by atoms with Gasteiger partial charge in [-0.05, 0) is 24.1 Å². The lowest BCUT2D eigenvalue weighted by molar-refractivity contribution is -0.129. The third kappa shape index (κ3) is 4.13. The third-order valence-corrected chi connectivity index (χ3v) is 2.60. The van der Waals surface area contributed by atoms with Crippen LogP contribution in [0.15, 0.2) is 18.2 Å². The molecule has 0 saturated heterocycles. The number of halogens is 2. The van der Waals surface area contributed by atoms with Gasteiger partial charge in [0, 0.05) is 26.4 Å². The number of hydrogen-bond acceptors (Lipinski definition) is 2. The van der Waals surface area contributed by atoms with Crippen molar-refractivity contribution in [1.29, 1.82) is 5.26 Å². The van der Waals surface area contributed by atoms with Gasteiger partial charge in [0.25, 0.3) is 0 Å². The number of rotatable bonds is 5. The van der Waals surface area contributed by atoms with E-state index in [0.29, 0.717) is 18.5 Å². The maximum absolute atomic E-state index is 12.9. The molecule has 3 nitrogen and oxygen atoms in total. The van der Waals surface area contributed by atoms with Crippen LogP contribution in [0.3, 0.4) is 0 Å². The summed E-state index contributed by atoms with van der Waals surface area (Å²) in [7, 11) is 1.62. The standard InChI is InChI=1S/C13H14F2N2O/c1-17(13(18)3-2-7-16)8-6-10-4-5-11(14)12(15)9-10/h4-5,9H,2-3,6,8H2,1H3. The molecule has 5 heteroatoms. The van der Waals surface area contributed by atoms with Crippen molar-refractivity contribution in [3.63, 3.8) is 0 Å². The lowest BCUT2D eigenvalue weighted by atomic mass is 10.1. The molecule has 0 radical (unpaired) electrons. The number of likely N-dealkylation sites (N-methyl/N-ethyl adjacent to an activating group) is 1. The van der Waals surface area contributed by atoms with E-state index in [4.69, 9.17) is 5.26 Å². The highest BCUT2D eigenvalue weighted by atomic mass is 19.2. The summed E-state index contributed by atoms with van der Waals surface area (Å²) < 4.78 is 25.6. The van der Waals surface area contributed by atoms with Crippen LogP contribution < -0.4 is 0 Å². The molecule has 0 atom stereocenters. The van der Waals surface area contributed by atoms with Gasteiger partial charge in [-0.2, -0.15) is 5.26 Å². The van der Waals surface area contributed by atoms with E-state index < -0.39 is 11.6 Å². The third-order valence-electron chi connectivity index (χ3n) is 2.60. The van der Waals surface area contributed by atoms with Gasteiger partial charge < -0.3 is 4.90 Å². The minimum absolute atomic E-state index is 0.126. The topological polar surface area (TPSA) is 44.1 Å². The zero-order valence-electron chi connectivity index (χ0n) is 10.1. The molecule has 96 valence electrons. The van der Waals surface area contributed by atoms with Gasteiger partial charge in [0.15, 0.2) is 11.6 Å². The summed E-state index contributed by atoms with van der Waals surface area (Å²) in [6, 6.07) is 5.59. The molecule has 0 aromatic heterocycles. The molecule has 1 aromatic rings. The van der Waals surface area contributed by atoms with Crippen LogP contribution in [-0.2, 0) is 11.2 Å². The minimum Gasteiger partial charge on any atom is -0.345 e. The van der Waals surface area contributed by atoms with Crippen molar-refractivity contribution in [1.82, 2.24) is 4.90 Å². The van der Waals surface area contributed by atoms with Crippen molar-refractivity contribution in [3.8, 4) is 6.07 Å². The molecule has 0 aliphatic carbocycles. The SMILES string of the molecule is CN(CCc1ccc(F)c(F)c1)C(=O)CCC#N. The molecule has 0 spiro atoms. The first-order valence-corrected chi connectivity index (χ1v) is 5.59. The number of benzene rings is 1. The Bertz CT molecular complexity index is 469. The van der Waals surface area contributed by atoms with E-state index in [9.17, 15) is 13.6 Å². The highest BCUT2D eigenvalue weighted by molar-refractivity contribution is 5.76. The summed E-state index contributed by atoms with van der Waals surface area (Å²) in [5.74, 6) is -1.89. The monoisotopic (exact) mass is 252 g/mol. The second-order valence-electron chi connectivity index (χ2n) is 3.97. The summed E-state index contributed by atoms with van der Waals surface area (Å²) in [5.41, 5.74) is 0.633. The summed E-state index contributed by atoms with van der Waals surface area (Å²) >= 11 is 0. The van der Waals surface area contributed by atoms with Crippen molar-refractivity contribution in [2.45, 2.75) is 19.3 Å². The van der Waals surface area contributed by atoms with E-state index in [2.05, 4.69) is 0 Å². The predicted octanol–water partition coefficient (Wildman–Crippen LogP) is 2.27. The van der Waals surface area contributed by atoms with Crippen LogP contribution in [0.4, 0.5) is 8.78 Å². The number of nitrogens with zero attached hydrogens (tertiary/aromatic N) is 2. The maximum Gasteiger partial charge on any atom is 0.223 e. The zero-order valence-corrected chi connectivity index (χ0v) is 10.1. The molecule has 18 heavy (non-hydrogen) atoms. The van der Waals surface area contributed by atoms with Gasteiger partial charge in [-0.3, -0.25) is 4.79 Å². The van der Waals surface area contributed by atoms with Gasteiger partial charge in [-0.15, -0.1) is 0 Å². The number of amides is 1. The van der Waals surface area contributed by atoms with Crippen molar-refractivity contribution >= 4 is 5.91 Å². The molecule has 0 heterocycles. The molecule has 0 aliphatic heterocycles. The van der Waals surface area contributed by atoms with Crippen LogP contribution >= 0.6 is 0 Å². The quantitative estimate of drug-likeness (QED) is 0.806. The van der Waals surface area contributed by atoms with E-state index in [-0.39, 0.29) is 18.7 Å². The fourth-order valence-electron chi connectivity index (χ4n) is 1.47. The van der Waals surface area contributed by atoms with Crippen molar-refractivity contribution in [2.75, 3.05) is 13.6 Å². The van der Waals surface area contributed by atoms with Gasteiger partial charge >= 0.3 is 0 Å². The Morgan fingerprint density at radius 3 is 2.72 bits per heavy atom. The van der Waals surface area contributed by atoms with Crippen LogP contribution in [0.1, 0.15) is 18.4 Å². The summed E-state index contributed by atoms with van der Waals surface area (Å²) in [5, 5.41) is 8.36. The molecule has 0 fully saturated rings. The number of hydrogen-bond donors (Lipinski definition) is 0. The first-order chi connectivity index (χ1) is 8.54. The molecule has 0 N–H and O–H groups in total. The molecule has 0 bridgehead atoms. The van der Waals surface area contributed by atoms with Gasteiger partial charge in [-0.1, -0.05) is 6.07 Å². The second-order valence-corrected chi connectivity index (χ2v) is 3.97. The first-order valence-electron chi connectivity index (χ1n) is 5.59. The van der Waals surface area contributed by atoms with E-state index in [1.54, 1.807) is 7.05 Å². The van der Waals surface area contributed by atoms with Crippen LogP contribution in [0.25, 0.3) is 0 Å². The number of carbonyl (C=O) groups excluding carboxylic acids is 1. The fraction of sp³-hybridized carbons (Fsp3) is 0.385. The Labute approximate surface area is 105 Å². The van der Waals surface area contributed by atoms with E-state index in [1.807, 2.05) is 6.07 Å². The fourth-order valence-corrected chi connectivity index (χ4v) is 1.47. The predicted molar refractivity (Wildman–Crippen MR) is 62.5 cm³/mol. The first kappa shape index (κ1) is 14.1. The Morgan fingerprint density at radius 2 is 2.11 bits per heavy atom. The molecule has 0 saturated carbocycles. The van der Waals surface area contributed by atoms with Crippen LogP contribution in [0.5, 0.6) is 0 Å². The highest BCUT2D eigenvalue weighted by Crippen LogP contribution is 2.09. The normalized spacial score (nSPS) is 9.89. The zero-order chi connectivity index (χ0) is 13.5. The lowest BCUT2D eigenvalue weighted by Crippen LogP contribution is -2.28. The molecule has 1 amide bonds. The summed E-state index contributed by atoms with van der Waals surface area (Å²) in [6.07, 6.45) is 0.825. The molecular formula is C13H14F2N2O. The van der Waals surface area contributed by atoms with E-state index in [1.165, 1.54) is 11.0 Å². The lowest BCUT2D eigenvalue weighted by Gasteiger charge is -2.16. The second kappa shape index (κ2) is 6.70. The van der Waals surface area contributed by atoms with E-state index in [0.717, 1.165) is 12.1 Å². The van der Waals surface area contributed by atoms with E-state index >= 15 is 0 Å². The van der Waals surface area contributed by atoms with Gasteiger partial charge in [0.1, 0.15) is 0 Å². The van der Waals surface area contributed by atoms with Gasteiger partial charge in [0.05, 0.1) is 6.07 Å². The van der Waals surface area contributed by atoms with Crippen molar-refractivity contribution in [2.24, 2.45) is 0 Å². The molecule has 0 unspecified atom stereocenters. The molecule has 0 aliphatic rings. The summed E-state index contributed by atoms with van der Waals surface area (Å²) in [4.78, 5) is 13.0.